The Labute approximate surface area is 147 Å². The van der Waals surface area contributed by atoms with Crippen LogP contribution in [0.15, 0.2) is 40.8 Å². The average Bonchev–Trinajstić information content (AvgIpc) is 2.92. The molecule has 1 aromatic carbocycles. The maximum atomic E-state index is 13.0. The van der Waals surface area contributed by atoms with E-state index in [2.05, 4.69) is 5.32 Å². The van der Waals surface area contributed by atoms with Crippen molar-refractivity contribution in [2.24, 2.45) is 0 Å². The first-order chi connectivity index (χ1) is 11.8. The van der Waals surface area contributed by atoms with E-state index < -0.39 is 5.54 Å². The number of amides is 2. The van der Waals surface area contributed by atoms with Gasteiger partial charge >= 0.3 is 0 Å². The summed E-state index contributed by atoms with van der Waals surface area (Å²) in [6, 6.07) is 11.2. The van der Waals surface area contributed by atoms with E-state index in [1.807, 2.05) is 50.4 Å². The first kappa shape index (κ1) is 17.2. The van der Waals surface area contributed by atoms with Crippen LogP contribution in [-0.4, -0.2) is 30.9 Å². The number of quaternary nitrogens is 1. The minimum Gasteiger partial charge on any atom is -0.460 e. The van der Waals surface area contributed by atoms with Gasteiger partial charge in [0.15, 0.2) is 12.3 Å². The lowest BCUT2D eigenvalue weighted by atomic mass is 9.96. The van der Waals surface area contributed by atoms with Crippen molar-refractivity contribution in [2.45, 2.75) is 32.9 Å². The zero-order valence-corrected chi connectivity index (χ0v) is 15.1. The number of benzene rings is 1. The van der Waals surface area contributed by atoms with Crippen molar-refractivity contribution in [3.8, 4) is 0 Å². The molecule has 0 saturated carbocycles. The molecule has 1 unspecified atom stereocenters. The molecule has 2 heterocycles. The molecule has 1 aromatic heterocycles. The van der Waals surface area contributed by atoms with Crippen molar-refractivity contribution in [2.75, 3.05) is 23.8 Å². The van der Waals surface area contributed by atoms with Crippen LogP contribution in [0.3, 0.4) is 0 Å². The van der Waals surface area contributed by atoms with Crippen LogP contribution in [0.2, 0.25) is 0 Å². The third-order valence-corrected chi connectivity index (χ3v) is 4.48. The van der Waals surface area contributed by atoms with Gasteiger partial charge in [-0.15, -0.1) is 0 Å². The summed E-state index contributed by atoms with van der Waals surface area (Å²) in [7, 11) is 1.94. The Morgan fingerprint density at radius 3 is 2.64 bits per heavy atom. The molecule has 0 spiro atoms. The Morgan fingerprint density at radius 1 is 1.24 bits per heavy atom. The molecule has 6 heteroatoms. The van der Waals surface area contributed by atoms with Crippen LogP contribution in [0, 0.1) is 6.92 Å². The highest BCUT2D eigenvalue weighted by molar-refractivity contribution is 6.14. The van der Waals surface area contributed by atoms with Gasteiger partial charge in [0.1, 0.15) is 17.8 Å². The largest absolute Gasteiger partial charge is 0.460 e. The Bertz CT molecular complexity index is 810. The van der Waals surface area contributed by atoms with Crippen LogP contribution >= 0.6 is 0 Å². The fourth-order valence-electron chi connectivity index (χ4n) is 3.18. The SMILES string of the molecule is Cc1ccc(C[NH+](C)CC(=O)N2c3ccccc3NC(=O)C2(C)C)o1. The number of aryl methyl sites for hydroxylation is 1. The van der Waals surface area contributed by atoms with E-state index >= 15 is 0 Å². The quantitative estimate of drug-likeness (QED) is 0.882. The van der Waals surface area contributed by atoms with Crippen LogP contribution in [0.4, 0.5) is 11.4 Å². The molecule has 25 heavy (non-hydrogen) atoms. The van der Waals surface area contributed by atoms with Crippen molar-refractivity contribution < 1.29 is 18.9 Å². The van der Waals surface area contributed by atoms with Gasteiger partial charge in [0, 0.05) is 0 Å². The first-order valence-corrected chi connectivity index (χ1v) is 8.39. The lowest BCUT2D eigenvalue weighted by molar-refractivity contribution is -0.886. The monoisotopic (exact) mass is 342 g/mol. The standard InChI is InChI=1S/C19H23N3O3/c1-13-9-10-14(25-13)11-21(4)12-17(23)22-16-8-6-5-7-15(16)20-18(24)19(22,2)3/h5-10H,11-12H2,1-4H3,(H,20,24)/p+1. The number of likely N-dealkylation sites (N-methyl/N-ethyl adjacent to an activating group) is 1. The van der Waals surface area contributed by atoms with Crippen molar-refractivity contribution in [1.82, 2.24) is 0 Å². The van der Waals surface area contributed by atoms with E-state index in [0.717, 1.165) is 22.1 Å². The van der Waals surface area contributed by atoms with Crippen molar-refractivity contribution in [3.05, 3.63) is 47.9 Å². The molecular weight excluding hydrogens is 318 g/mol. The number of fused-ring (bicyclic) bond motifs is 1. The van der Waals surface area contributed by atoms with Crippen LogP contribution < -0.4 is 15.1 Å². The molecule has 1 atom stereocenters. The lowest BCUT2D eigenvalue weighted by Crippen LogP contribution is -3.09. The molecule has 0 bridgehead atoms. The molecule has 0 radical (unpaired) electrons. The fraction of sp³-hybridized carbons (Fsp3) is 0.368. The van der Waals surface area contributed by atoms with Gasteiger partial charge in [0.2, 0.25) is 5.91 Å². The number of nitrogens with one attached hydrogen (secondary N) is 2. The number of furan rings is 1. The molecule has 2 N–H and O–H groups in total. The molecule has 2 aromatic rings. The zero-order valence-electron chi connectivity index (χ0n) is 15.1. The summed E-state index contributed by atoms with van der Waals surface area (Å²) in [6.45, 7) is 6.31. The second-order valence-corrected chi connectivity index (χ2v) is 7.08. The van der Waals surface area contributed by atoms with Gasteiger partial charge in [-0.2, -0.15) is 0 Å². The number of hydrogen-bond acceptors (Lipinski definition) is 3. The molecule has 0 saturated heterocycles. The summed E-state index contributed by atoms with van der Waals surface area (Å²) in [5.74, 6) is 1.43. The lowest BCUT2D eigenvalue weighted by Gasteiger charge is -2.42. The third kappa shape index (κ3) is 3.30. The topological polar surface area (TPSA) is 67.0 Å². The molecule has 6 nitrogen and oxygen atoms in total. The molecule has 0 aliphatic carbocycles. The van der Waals surface area contributed by atoms with Crippen LogP contribution in [0.1, 0.15) is 25.4 Å². The zero-order chi connectivity index (χ0) is 18.2. The van der Waals surface area contributed by atoms with E-state index in [9.17, 15) is 9.59 Å². The summed E-state index contributed by atoms with van der Waals surface area (Å²) >= 11 is 0. The highest BCUT2D eigenvalue weighted by Crippen LogP contribution is 2.36. The molecular formula is C19H24N3O3+. The Hall–Kier alpha value is -2.60. The number of para-hydroxylation sites is 2. The summed E-state index contributed by atoms with van der Waals surface area (Å²) < 4.78 is 5.59. The van der Waals surface area contributed by atoms with Crippen LogP contribution in [0.25, 0.3) is 0 Å². The number of hydrogen-bond donors (Lipinski definition) is 2. The van der Waals surface area contributed by atoms with Gasteiger partial charge in [-0.1, -0.05) is 12.1 Å². The van der Waals surface area contributed by atoms with E-state index in [-0.39, 0.29) is 18.4 Å². The van der Waals surface area contributed by atoms with Crippen LogP contribution in [0.5, 0.6) is 0 Å². The van der Waals surface area contributed by atoms with Crippen molar-refractivity contribution in [1.29, 1.82) is 0 Å². The highest BCUT2D eigenvalue weighted by atomic mass is 16.3. The molecule has 2 amide bonds. The minimum absolute atomic E-state index is 0.0897. The predicted molar refractivity (Wildman–Crippen MR) is 95.5 cm³/mol. The van der Waals surface area contributed by atoms with Crippen molar-refractivity contribution >= 4 is 23.2 Å². The molecule has 3 rings (SSSR count). The smallest absolute Gasteiger partial charge is 0.283 e. The maximum absolute atomic E-state index is 13.0. The summed E-state index contributed by atoms with van der Waals surface area (Å²) in [6.07, 6.45) is 0. The first-order valence-electron chi connectivity index (χ1n) is 8.39. The van der Waals surface area contributed by atoms with E-state index in [1.54, 1.807) is 18.7 Å². The van der Waals surface area contributed by atoms with Gasteiger partial charge in [0.05, 0.1) is 18.4 Å². The number of rotatable bonds is 4. The number of nitrogens with zero attached hydrogens (tertiary/aromatic N) is 1. The van der Waals surface area contributed by atoms with E-state index in [0.29, 0.717) is 12.2 Å². The van der Waals surface area contributed by atoms with Gasteiger partial charge in [-0.25, -0.2) is 0 Å². The summed E-state index contributed by atoms with van der Waals surface area (Å²) in [5, 5.41) is 2.88. The molecule has 0 fully saturated rings. The third-order valence-electron chi connectivity index (χ3n) is 4.48. The highest BCUT2D eigenvalue weighted by Gasteiger charge is 2.44. The number of anilines is 2. The Morgan fingerprint density at radius 2 is 1.96 bits per heavy atom. The normalized spacial score (nSPS) is 17.0. The van der Waals surface area contributed by atoms with E-state index in [1.165, 1.54) is 0 Å². The van der Waals surface area contributed by atoms with Gasteiger partial charge in [-0.3, -0.25) is 14.5 Å². The summed E-state index contributed by atoms with van der Waals surface area (Å²) in [4.78, 5) is 28.1. The fourth-order valence-corrected chi connectivity index (χ4v) is 3.18. The van der Waals surface area contributed by atoms with E-state index in [4.69, 9.17) is 4.42 Å². The summed E-state index contributed by atoms with van der Waals surface area (Å²) in [5.41, 5.74) is 0.464. The second-order valence-electron chi connectivity index (χ2n) is 7.08. The predicted octanol–water partition coefficient (Wildman–Crippen LogP) is 1.37. The maximum Gasteiger partial charge on any atom is 0.283 e. The minimum atomic E-state index is -0.938. The molecule has 1 aliphatic heterocycles. The Balaban J connectivity index is 1.81. The number of carbonyl (C=O) groups is 2. The molecule has 1 aliphatic rings. The van der Waals surface area contributed by atoms with Crippen LogP contribution in [-0.2, 0) is 16.1 Å². The van der Waals surface area contributed by atoms with Gasteiger partial charge in [0.25, 0.3) is 5.91 Å². The Kier molecular flexibility index (Phi) is 4.39. The average molecular weight is 342 g/mol. The van der Waals surface area contributed by atoms with Gasteiger partial charge < -0.3 is 14.6 Å². The van der Waals surface area contributed by atoms with Gasteiger partial charge in [-0.05, 0) is 45.0 Å². The molecule has 132 valence electrons. The second kappa shape index (κ2) is 6.37. The van der Waals surface area contributed by atoms with Crippen molar-refractivity contribution in [3.63, 3.8) is 0 Å². The number of carbonyl (C=O) groups excluding carboxylic acids is 2.